The predicted octanol–water partition coefficient (Wildman–Crippen LogP) is 5.06. The molecule has 0 saturated carbocycles. The fraction of sp³-hybridized carbons (Fsp3) is 0.211. The van der Waals surface area contributed by atoms with Crippen molar-refractivity contribution in [2.24, 2.45) is 4.99 Å². The number of alkyl halides is 3. The molecular formula is C19H14Br2ClF3N4O2. The number of urea groups is 1. The van der Waals surface area contributed by atoms with Gasteiger partial charge in [-0.1, -0.05) is 44.0 Å². The normalized spacial score (nSPS) is 16.9. The molecule has 3 rings (SSSR count). The number of aliphatic imine (C=N–C) groups is 1. The minimum absolute atomic E-state index is 0.104. The third kappa shape index (κ3) is 4.73. The molecule has 0 aliphatic carbocycles. The van der Waals surface area contributed by atoms with Gasteiger partial charge in [0, 0.05) is 13.1 Å². The summed E-state index contributed by atoms with van der Waals surface area (Å²) >= 11 is 12.6. The van der Waals surface area contributed by atoms with Crippen molar-refractivity contribution >= 4 is 72.6 Å². The van der Waals surface area contributed by atoms with E-state index in [1.807, 2.05) is 0 Å². The molecule has 12 heteroatoms. The van der Waals surface area contributed by atoms with Crippen LogP contribution in [0.4, 0.5) is 29.3 Å². The molecule has 1 fully saturated rings. The minimum atomic E-state index is -1.19. The van der Waals surface area contributed by atoms with Crippen molar-refractivity contribution in [3.05, 3.63) is 59.9 Å². The summed E-state index contributed by atoms with van der Waals surface area (Å²) < 4.78 is 40.4. The maximum atomic E-state index is 14.2. The zero-order valence-corrected chi connectivity index (χ0v) is 19.7. The average Bonchev–Trinajstić information content (AvgIpc) is 2.92. The SMILES string of the molecule is CN1C(=O)N(c2ccccc2F)C(=O)C1=NC(Nc1ccc(F)cc1F)C(Br)(Br)CCl. The van der Waals surface area contributed by atoms with Crippen molar-refractivity contribution in [2.45, 2.75) is 9.40 Å². The van der Waals surface area contributed by atoms with E-state index < -0.39 is 38.8 Å². The van der Waals surface area contributed by atoms with Crippen LogP contribution < -0.4 is 10.2 Å². The third-order valence-electron chi connectivity index (χ3n) is 4.34. The number of amidine groups is 1. The second kappa shape index (κ2) is 9.17. The maximum Gasteiger partial charge on any atom is 0.337 e. The number of hydrogen-bond acceptors (Lipinski definition) is 4. The van der Waals surface area contributed by atoms with Crippen LogP contribution in [-0.4, -0.2) is 45.0 Å². The number of rotatable bonds is 6. The molecule has 1 unspecified atom stereocenters. The first-order valence-electron chi connectivity index (χ1n) is 8.66. The minimum Gasteiger partial charge on any atom is -0.359 e. The van der Waals surface area contributed by atoms with E-state index in [-0.39, 0.29) is 23.1 Å². The molecule has 1 heterocycles. The van der Waals surface area contributed by atoms with Gasteiger partial charge in [0.05, 0.1) is 17.3 Å². The van der Waals surface area contributed by atoms with Gasteiger partial charge in [-0.2, -0.15) is 0 Å². The fourth-order valence-electron chi connectivity index (χ4n) is 2.74. The Morgan fingerprint density at radius 3 is 2.42 bits per heavy atom. The second-order valence-corrected chi connectivity index (χ2v) is 10.6. The fourth-order valence-corrected chi connectivity index (χ4v) is 3.32. The van der Waals surface area contributed by atoms with E-state index in [0.29, 0.717) is 11.0 Å². The highest BCUT2D eigenvalue weighted by Crippen LogP contribution is 2.36. The molecule has 164 valence electrons. The summed E-state index contributed by atoms with van der Waals surface area (Å²) in [6.07, 6.45) is -1.14. The van der Waals surface area contributed by atoms with Crippen molar-refractivity contribution in [1.29, 1.82) is 0 Å². The van der Waals surface area contributed by atoms with Gasteiger partial charge in [-0.25, -0.2) is 27.9 Å². The number of likely N-dealkylation sites (N-methyl/N-ethyl adjacent to an activating group) is 1. The largest absolute Gasteiger partial charge is 0.359 e. The molecule has 1 atom stereocenters. The summed E-state index contributed by atoms with van der Waals surface area (Å²) in [4.78, 5) is 31.4. The summed E-state index contributed by atoms with van der Waals surface area (Å²) in [5.74, 6) is -3.75. The lowest BCUT2D eigenvalue weighted by atomic mass is 10.2. The first-order chi connectivity index (χ1) is 14.6. The van der Waals surface area contributed by atoms with Crippen molar-refractivity contribution in [1.82, 2.24) is 4.90 Å². The van der Waals surface area contributed by atoms with Crippen molar-refractivity contribution < 1.29 is 22.8 Å². The first kappa shape index (κ1) is 23.6. The van der Waals surface area contributed by atoms with Crippen LogP contribution in [0.15, 0.2) is 47.5 Å². The van der Waals surface area contributed by atoms with Gasteiger partial charge in [0.1, 0.15) is 26.9 Å². The zero-order valence-electron chi connectivity index (χ0n) is 15.8. The summed E-state index contributed by atoms with van der Waals surface area (Å²) in [5, 5.41) is 2.72. The highest BCUT2D eigenvalue weighted by molar-refractivity contribution is 9.25. The molecular weight excluding hydrogens is 568 g/mol. The number of amides is 3. The molecule has 31 heavy (non-hydrogen) atoms. The van der Waals surface area contributed by atoms with Gasteiger partial charge < -0.3 is 5.32 Å². The number of imide groups is 1. The Labute approximate surface area is 197 Å². The molecule has 0 bridgehead atoms. The molecule has 6 nitrogen and oxygen atoms in total. The van der Waals surface area contributed by atoms with Gasteiger partial charge in [0.2, 0.25) is 5.84 Å². The Bertz CT molecular complexity index is 1070. The lowest BCUT2D eigenvalue weighted by Gasteiger charge is -2.28. The lowest BCUT2D eigenvalue weighted by molar-refractivity contribution is -0.111. The van der Waals surface area contributed by atoms with Gasteiger partial charge in [-0.3, -0.25) is 9.69 Å². The van der Waals surface area contributed by atoms with E-state index in [1.54, 1.807) is 0 Å². The number of anilines is 2. The topological polar surface area (TPSA) is 65.0 Å². The third-order valence-corrected chi connectivity index (χ3v) is 6.83. The van der Waals surface area contributed by atoms with Crippen LogP contribution in [0.25, 0.3) is 0 Å². The van der Waals surface area contributed by atoms with Crippen LogP contribution in [0.2, 0.25) is 0 Å². The molecule has 1 saturated heterocycles. The van der Waals surface area contributed by atoms with Crippen molar-refractivity contribution in [3.63, 3.8) is 0 Å². The standard InChI is InChI=1S/C19H14Br2ClF3N4O2/c1-28-15(16(30)29(18(28)31)14-5-3-2-4-11(14)24)27-17(19(20,21)9-22)26-13-7-6-10(23)8-12(13)25/h2-8,17,26H,9H2,1H3. The maximum absolute atomic E-state index is 14.2. The quantitative estimate of drug-likeness (QED) is 0.383. The van der Waals surface area contributed by atoms with Gasteiger partial charge in [0.25, 0.3) is 0 Å². The number of nitrogens with zero attached hydrogens (tertiary/aromatic N) is 3. The Morgan fingerprint density at radius 2 is 1.81 bits per heavy atom. The van der Waals surface area contributed by atoms with E-state index in [4.69, 9.17) is 11.6 Å². The van der Waals surface area contributed by atoms with Crippen molar-refractivity contribution in [3.8, 4) is 0 Å². The van der Waals surface area contributed by atoms with Crippen LogP contribution in [0.3, 0.4) is 0 Å². The Hall–Kier alpha value is -2.11. The Balaban J connectivity index is 2.02. The summed E-state index contributed by atoms with van der Waals surface area (Å²) in [5.41, 5.74) is -0.348. The molecule has 0 spiro atoms. The molecule has 1 aliphatic heterocycles. The number of para-hydroxylation sites is 1. The number of carbonyl (C=O) groups excluding carboxylic acids is 2. The van der Waals surface area contributed by atoms with Crippen LogP contribution in [-0.2, 0) is 4.79 Å². The van der Waals surface area contributed by atoms with Crippen LogP contribution >= 0.6 is 43.5 Å². The van der Waals surface area contributed by atoms with Gasteiger partial charge in [-0.05, 0) is 24.3 Å². The summed E-state index contributed by atoms with van der Waals surface area (Å²) in [7, 11) is 1.29. The molecule has 3 amide bonds. The van der Waals surface area contributed by atoms with Gasteiger partial charge >= 0.3 is 11.9 Å². The van der Waals surface area contributed by atoms with Crippen LogP contribution in [0.5, 0.6) is 0 Å². The second-order valence-electron chi connectivity index (χ2n) is 6.45. The Morgan fingerprint density at radius 1 is 1.13 bits per heavy atom. The predicted molar refractivity (Wildman–Crippen MR) is 120 cm³/mol. The van der Waals surface area contributed by atoms with E-state index in [1.165, 1.54) is 25.2 Å². The molecule has 1 aliphatic rings. The Kier molecular flexibility index (Phi) is 6.97. The lowest BCUT2D eigenvalue weighted by Crippen LogP contribution is -2.40. The number of nitrogens with one attached hydrogen (secondary N) is 1. The highest BCUT2D eigenvalue weighted by atomic mass is 79.9. The molecule has 0 radical (unpaired) electrons. The van der Waals surface area contributed by atoms with Crippen LogP contribution in [0, 0.1) is 17.5 Å². The number of carbonyl (C=O) groups is 2. The first-order valence-corrected chi connectivity index (χ1v) is 10.8. The van der Waals surface area contributed by atoms with E-state index in [2.05, 4.69) is 42.2 Å². The summed E-state index contributed by atoms with van der Waals surface area (Å²) in [6, 6.07) is 7.34. The van der Waals surface area contributed by atoms with E-state index in [0.717, 1.165) is 23.1 Å². The molecule has 0 aromatic heterocycles. The number of halogens is 6. The van der Waals surface area contributed by atoms with Gasteiger partial charge in [0.15, 0.2) is 0 Å². The summed E-state index contributed by atoms with van der Waals surface area (Å²) in [6.45, 7) is 0. The smallest absolute Gasteiger partial charge is 0.337 e. The molecule has 1 N–H and O–H groups in total. The van der Waals surface area contributed by atoms with E-state index in [9.17, 15) is 22.8 Å². The molecule has 2 aromatic carbocycles. The van der Waals surface area contributed by atoms with E-state index >= 15 is 0 Å². The van der Waals surface area contributed by atoms with Gasteiger partial charge in [-0.15, -0.1) is 11.6 Å². The highest BCUT2D eigenvalue weighted by Gasteiger charge is 2.44. The monoisotopic (exact) mass is 580 g/mol. The zero-order chi connectivity index (χ0) is 22.9. The average molecular weight is 583 g/mol. The van der Waals surface area contributed by atoms with Crippen molar-refractivity contribution in [2.75, 3.05) is 23.1 Å². The number of hydrogen-bond donors (Lipinski definition) is 1. The molecule has 2 aromatic rings. The van der Waals surface area contributed by atoms with Crippen LogP contribution in [0.1, 0.15) is 0 Å². The number of benzene rings is 2.